The molecule has 2 amide bonds. The van der Waals surface area contributed by atoms with Crippen LogP contribution < -0.4 is 37.0 Å². The summed E-state index contributed by atoms with van der Waals surface area (Å²) >= 11 is 13.6. The molecule has 73 heavy (non-hydrogen) atoms. The topological polar surface area (TPSA) is 194 Å². The van der Waals surface area contributed by atoms with Gasteiger partial charge in [-0.1, -0.05) is 29.3 Å². The summed E-state index contributed by atoms with van der Waals surface area (Å²) in [6.07, 6.45) is 7.79. The van der Waals surface area contributed by atoms with Gasteiger partial charge in [0, 0.05) is 131 Å². The van der Waals surface area contributed by atoms with E-state index in [1.807, 2.05) is 4.90 Å². The average Bonchev–Trinajstić information content (AvgIpc) is 3.92. The van der Waals surface area contributed by atoms with Crippen LogP contribution in [0.15, 0.2) is 107 Å². The molecule has 0 aliphatic carbocycles. The molecule has 7 aromatic rings. The van der Waals surface area contributed by atoms with Gasteiger partial charge in [-0.05, 0) is 96.3 Å². The number of hydrogen-bond donors (Lipinski definition) is 4. The Labute approximate surface area is 427 Å². The molecule has 0 bridgehead atoms. The standard InChI is InChI=1S/C53H49Cl2F2N11O5/c1-62-13-17-67(52(62)72)45-5-4-31(20-43(45)54)39-24-37(57)27-42(50(39)70)35-22-46(65-10-2-3-38(59)30-65)51(71)66(29-35)15-14-64-16-18-68(53(64)73)48-34(28-58)19-33(21-44(48)55)41-26-36(56)25-40(49(41)69)32-6-7-61-47(23-32)63-11-8-60-9-12-63/h4-7,13,17,19-27,29,38,60,69-70H,2-3,8-12,14-16,18,30,59H2,1H3/t38-/m0/s1. The number of pyridine rings is 2. The van der Waals surface area contributed by atoms with Crippen LogP contribution in [0.4, 0.5) is 30.8 Å². The summed E-state index contributed by atoms with van der Waals surface area (Å²) in [6.45, 7) is 4.34. The van der Waals surface area contributed by atoms with E-state index in [1.54, 1.807) is 56.0 Å². The van der Waals surface area contributed by atoms with Crippen molar-refractivity contribution in [3.63, 3.8) is 0 Å². The first kappa shape index (κ1) is 48.9. The van der Waals surface area contributed by atoms with Gasteiger partial charge >= 0.3 is 11.7 Å². The zero-order chi connectivity index (χ0) is 51.2. The molecule has 3 aromatic heterocycles. The van der Waals surface area contributed by atoms with Crippen LogP contribution in [0.5, 0.6) is 11.5 Å². The molecule has 3 aliphatic heterocycles. The van der Waals surface area contributed by atoms with Crippen LogP contribution in [-0.4, -0.2) is 105 Å². The molecule has 5 N–H and O–H groups in total. The van der Waals surface area contributed by atoms with Crippen LogP contribution in [0.1, 0.15) is 18.4 Å². The SMILES string of the molecule is Cn1ccn(-c2ccc(-c3cc(F)cc(-c4cc(N5CCC[C@H](N)C5)c(=O)n(CCN5CCN(c6c(Cl)cc(-c7cc(F)cc(-c8ccnc(N9CCNCC9)c8)c7O)cc6C#N)C5=O)c4)c3O)cc2Cl)c1=O. The summed E-state index contributed by atoms with van der Waals surface area (Å²) in [5, 5.41) is 37.5. The highest BCUT2D eigenvalue weighted by Gasteiger charge is 2.33. The zero-order valence-electron chi connectivity index (χ0n) is 39.5. The molecule has 3 fully saturated rings. The van der Waals surface area contributed by atoms with Gasteiger partial charge < -0.3 is 45.1 Å². The van der Waals surface area contributed by atoms with E-state index in [0.29, 0.717) is 41.3 Å². The van der Waals surface area contributed by atoms with Crippen LogP contribution in [-0.2, 0) is 13.6 Å². The minimum atomic E-state index is -0.671. The number of nitrogens with zero attached hydrogens (tertiary/aromatic N) is 9. The van der Waals surface area contributed by atoms with Crippen molar-refractivity contribution in [3.05, 3.63) is 146 Å². The normalized spacial score (nSPS) is 16.1. The average molecular weight is 1030 g/mol. The quantitative estimate of drug-likeness (QED) is 0.100. The molecule has 16 nitrogen and oxygen atoms in total. The molecule has 20 heteroatoms. The summed E-state index contributed by atoms with van der Waals surface area (Å²) in [5.41, 5.74) is 8.54. The van der Waals surface area contributed by atoms with Gasteiger partial charge in [0.05, 0.1) is 27.0 Å². The highest BCUT2D eigenvalue weighted by molar-refractivity contribution is 6.34. The predicted octanol–water partition coefficient (Wildman–Crippen LogP) is 7.55. The van der Waals surface area contributed by atoms with Gasteiger partial charge in [0.25, 0.3) is 5.56 Å². The van der Waals surface area contributed by atoms with Crippen molar-refractivity contribution < 1.29 is 23.8 Å². The van der Waals surface area contributed by atoms with Gasteiger partial charge in [0.2, 0.25) is 0 Å². The Morgan fingerprint density at radius 3 is 2.10 bits per heavy atom. The van der Waals surface area contributed by atoms with Gasteiger partial charge in [0.15, 0.2) is 0 Å². The van der Waals surface area contributed by atoms with Gasteiger partial charge in [0.1, 0.15) is 40.7 Å². The second-order valence-electron chi connectivity index (χ2n) is 18.4. The molecule has 0 radical (unpaired) electrons. The van der Waals surface area contributed by atoms with Gasteiger partial charge in [-0.25, -0.2) is 23.4 Å². The lowest BCUT2D eigenvalue weighted by Crippen LogP contribution is -2.45. The number of aromatic hydroxyl groups is 2. The number of hydrogen-bond acceptors (Lipinski definition) is 11. The Balaban J connectivity index is 0.929. The lowest BCUT2D eigenvalue weighted by molar-refractivity contribution is 0.218. The number of anilines is 3. The minimum Gasteiger partial charge on any atom is -0.507 e. The Morgan fingerprint density at radius 1 is 0.767 bits per heavy atom. The maximum absolute atomic E-state index is 15.7. The highest BCUT2D eigenvalue weighted by Crippen LogP contribution is 2.44. The fraction of sp³-hybridized carbons (Fsp3) is 0.264. The monoisotopic (exact) mass is 1030 g/mol. The van der Waals surface area contributed by atoms with Gasteiger partial charge in [-0.15, -0.1) is 0 Å². The number of rotatable bonds is 11. The number of aromatic nitrogens is 4. The second kappa shape index (κ2) is 20.1. The van der Waals surface area contributed by atoms with Crippen molar-refractivity contribution in [2.45, 2.75) is 25.4 Å². The van der Waals surface area contributed by atoms with Gasteiger partial charge in [-0.3, -0.25) is 14.3 Å². The summed E-state index contributed by atoms with van der Waals surface area (Å²) in [7, 11) is 1.61. The number of aryl methyl sites for hydroxylation is 1. The summed E-state index contributed by atoms with van der Waals surface area (Å²) in [5.74, 6) is -1.12. The van der Waals surface area contributed by atoms with Crippen LogP contribution in [0.25, 0.3) is 50.2 Å². The molecule has 3 aliphatic rings. The lowest BCUT2D eigenvalue weighted by atomic mass is 9.95. The third-order valence-electron chi connectivity index (χ3n) is 13.8. The molecule has 0 spiro atoms. The first-order chi connectivity index (χ1) is 35.2. The summed E-state index contributed by atoms with van der Waals surface area (Å²) in [4.78, 5) is 52.6. The largest absolute Gasteiger partial charge is 0.507 e. The number of imidazole rings is 1. The number of amides is 2. The summed E-state index contributed by atoms with van der Waals surface area (Å²) in [6, 6.07) is 19.0. The number of halogens is 4. The lowest BCUT2D eigenvalue weighted by Gasteiger charge is -2.32. The first-order valence-electron chi connectivity index (χ1n) is 23.7. The van der Waals surface area contributed by atoms with Crippen LogP contribution in [0.3, 0.4) is 0 Å². The molecule has 6 heterocycles. The van der Waals surface area contributed by atoms with Crippen molar-refractivity contribution in [2.75, 3.05) is 73.6 Å². The second-order valence-corrected chi connectivity index (χ2v) is 19.2. The number of benzene rings is 4. The van der Waals surface area contributed by atoms with Gasteiger partial charge in [-0.2, -0.15) is 5.26 Å². The van der Waals surface area contributed by atoms with E-state index >= 15 is 8.78 Å². The molecule has 0 unspecified atom stereocenters. The zero-order valence-corrected chi connectivity index (χ0v) is 41.0. The third kappa shape index (κ3) is 9.48. The first-order valence-corrected chi connectivity index (χ1v) is 24.5. The van der Waals surface area contributed by atoms with Crippen molar-refractivity contribution in [1.82, 2.24) is 28.9 Å². The number of nitriles is 1. The molecule has 0 saturated carbocycles. The molecule has 10 rings (SSSR count). The van der Waals surface area contributed by atoms with Crippen molar-refractivity contribution in [2.24, 2.45) is 12.8 Å². The smallest absolute Gasteiger partial charge is 0.332 e. The van der Waals surface area contributed by atoms with E-state index in [1.165, 1.54) is 66.1 Å². The molecule has 374 valence electrons. The maximum Gasteiger partial charge on any atom is 0.332 e. The molecular weight excluding hydrogens is 980 g/mol. The van der Waals surface area contributed by atoms with Crippen molar-refractivity contribution in [3.8, 4) is 67.8 Å². The Kier molecular flexibility index (Phi) is 13.5. The number of carbonyl (C=O) groups is 1. The van der Waals surface area contributed by atoms with E-state index in [0.717, 1.165) is 45.1 Å². The number of urea groups is 1. The fourth-order valence-electron chi connectivity index (χ4n) is 9.98. The minimum absolute atomic E-state index is 0.00876. The number of nitrogens with two attached hydrogens (primary N) is 1. The Hall–Kier alpha value is -7.69. The fourth-order valence-corrected chi connectivity index (χ4v) is 10.6. The van der Waals surface area contributed by atoms with Crippen molar-refractivity contribution in [1.29, 1.82) is 5.26 Å². The number of phenols is 2. The predicted molar refractivity (Wildman–Crippen MR) is 278 cm³/mol. The number of piperidine rings is 1. The highest BCUT2D eigenvalue weighted by atomic mass is 35.5. The van der Waals surface area contributed by atoms with E-state index < -0.39 is 17.7 Å². The van der Waals surface area contributed by atoms with Crippen LogP contribution in [0.2, 0.25) is 10.0 Å². The van der Waals surface area contributed by atoms with Crippen molar-refractivity contribution >= 4 is 46.4 Å². The molecule has 3 saturated heterocycles. The number of carbonyl (C=O) groups excluding carboxylic acids is 1. The Bertz CT molecular complexity index is 3500. The van der Waals surface area contributed by atoms with E-state index in [2.05, 4.69) is 21.3 Å². The van der Waals surface area contributed by atoms with Crippen LogP contribution >= 0.6 is 23.2 Å². The van der Waals surface area contributed by atoms with Crippen LogP contribution in [0, 0.1) is 23.0 Å². The number of nitrogens with one attached hydrogen (secondary N) is 1. The molecule has 4 aromatic carbocycles. The maximum atomic E-state index is 15.7. The summed E-state index contributed by atoms with van der Waals surface area (Å²) < 4.78 is 35.3. The molecule has 1 atom stereocenters. The molecular formula is C53H49Cl2F2N11O5. The van der Waals surface area contributed by atoms with E-state index in [4.69, 9.17) is 28.9 Å². The number of piperazine rings is 1. The third-order valence-corrected chi connectivity index (χ3v) is 14.4. The number of phenolic OH excluding ortho intramolecular Hbond substituents is 2. The van der Waals surface area contributed by atoms with E-state index in [-0.39, 0.29) is 110 Å². The van der Waals surface area contributed by atoms with E-state index in [9.17, 15) is 29.9 Å². The Morgan fingerprint density at radius 2 is 1.44 bits per heavy atom.